The van der Waals surface area contributed by atoms with Crippen molar-refractivity contribution >= 4 is 16.5 Å². The number of benzene rings is 1. The van der Waals surface area contributed by atoms with Crippen molar-refractivity contribution in [1.82, 2.24) is 0 Å². The van der Waals surface area contributed by atoms with E-state index in [2.05, 4.69) is 29.6 Å². The van der Waals surface area contributed by atoms with Crippen LogP contribution in [0.3, 0.4) is 0 Å². The van der Waals surface area contributed by atoms with Gasteiger partial charge in [0.1, 0.15) is 0 Å². The Kier molecular flexibility index (Phi) is 3.74. The zero-order valence-electron chi connectivity index (χ0n) is 11.3. The quantitative estimate of drug-likeness (QED) is 0.836. The Morgan fingerprint density at radius 3 is 2.89 bits per heavy atom. The molecule has 2 nitrogen and oxygen atoms in total. The third kappa shape index (κ3) is 3.08. The van der Waals surface area contributed by atoms with Gasteiger partial charge in [-0.25, -0.2) is 0 Å². The number of anilines is 1. The molecule has 1 saturated carbocycles. The smallest absolute Gasteiger partial charge is 0.0483 e. The van der Waals surface area contributed by atoms with Gasteiger partial charge in [0.05, 0.1) is 0 Å². The van der Waals surface area contributed by atoms with Gasteiger partial charge in [-0.3, -0.25) is 4.21 Å². The standard InChI is InChI=1S/C16H21NOS/c1-19(18)11-13-3-2-4-16(9-13)17-10-15-8-12-5-6-14(15)7-12/h2-6,9,12,14-15,17H,7-8,10-11H2,1H3/t12-,14-,15-,19-/m0/s1. The molecule has 4 atom stereocenters. The lowest BCUT2D eigenvalue weighted by Gasteiger charge is -2.19. The molecular weight excluding hydrogens is 254 g/mol. The molecule has 3 rings (SSSR count). The highest BCUT2D eigenvalue weighted by Gasteiger charge is 2.35. The molecule has 3 heteroatoms. The number of hydrogen-bond acceptors (Lipinski definition) is 2. The fraction of sp³-hybridized carbons (Fsp3) is 0.500. The Hall–Kier alpha value is -1.09. The van der Waals surface area contributed by atoms with Gasteiger partial charge in [0.15, 0.2) is 0 Å². The van der Waals surface area contributed by atoms with E-state index in [-0.39, 0.29) is 0 Å². The molecule has 1 N–H and O–H groups in total. The minimum atomic E-state index is -0.769. The summed E-state index contributed by atoms with van der Waals surface area (Å²) >= 11 is 0. The number of rotatable bonds is 5. The van der Waals surface area contributed by atoms with Crippen molar-refractivity contribution in [3.63, 3.8) is 0 Å². The van der Waals surface area contributed by atoms with E-state index in [1.165, 1.54) is 12.8 Å². The molecule has 1 aromatic rings. The van der Waals surface area contributed by atoms with Crippen molar-refractivity contribution in [2.45, 2.75) is 18.6 Å². The summed E-state index contributed by atoms with van der Waals surface area (Å²) in [5, 5.41) is 3.55. The first-order valence-electron chi connectivity index (χ1n) is 7.02. The van der Waals surface area contributed by atoms with Crippen LogP contribution in [0.4, 0.5) is 5.69 Å². The van der Waals surface area contributed by atoms with Gasteiger partial charge in [0, 0.05) is 35.0 Å². The van der Waals surface area contributed by atoms with E-state index < -0.39 is 10.8 Å². The Morgan fingerprint density at radius 1 is 1.32 bits per heavy atom. The highest BCUT2D eigenvalue weighted by Crippen LogP contribution is 2.43. The molecule has 2 bridgehead atoms. The molecule has 102 valence electrons. The first-order chi connectivity index (χ1) is 9.20. The summed E-state index contributed by atoms with van der Waals surface area (Å²) in [5.41, 5.74) is 2.31. The molecule has 0 heterocycles. The minimum absolute atomic E-state index is 0.645. The highest BCUT2D eigenvalue weighted by molar-refractivity contribution is 7.83. The van der Waals surface area contributed by atoms with Gasteiger partial charge in [-0.05, 0) is 48.3 Å². The van der Waals surface area contributed by atoms with Crippen LogP contribution in [0.25, 0.3) is 0 Å². The van der Waals surface area contributed by atoms with E-state index in [0.717, 1.165) is 35.5 Å². The third-order valence-corrected chi connectivity index (χ3v) is 5.02. The molecule has 2 aliphatic carbocycles. The predicted octanol–water partition coefficient (Wildman–Crippen LogP) is 3.19. The molecule has 0 spiro atoms. The second kappa shape index (κ2) is 5.49. The van der Waals surface area contributed by atoms with Crippen LogP contribution < -0.4 is 5.32 Å². The lowest BCUT2D eigenvalue weighted by atomic mass is 9.93. The van der Waals surface area contributed by atoms with Crippen LogP contribution in [0.15, 0.2) is 36.4 Å². The molecular formula is C16H21NOS. The van der Waals surface area contributed by atoms with Gasteiger partial charge >= 0.3 is 0 Å². The largest absolute Gasteiger partial charge is 0.385 e. The number of allylic oxidation sites excluding steroid dienone is 2. The first-order valence-corrected chi connectivity index (χ1v) is 8.74. The van der Waals surface area contributed by atoms with E-state index in [4.69, 9.17) is 0 Å². The fourth-order valence-corrected chi connectivity index (χ4v) is 4.03. The SMILES string of the molecule is C[S@](=O)Cc1cccc(NC[C@@H]2C[C@H]3C=C[C@H]2C3)c1. The molecule has 2 aliphatic rings. The molecule has 1 aromatic carbocycles. The average Bonchev–Trinajstić information content (AvgIpc) is 2.98. The summed E-state index contributed by atoms with van der Waals surface area (Å²) in [7, 11) is -0.769. The van der Waals surface area contributed by atoms with Crippen LogP contribution in [-0.4, -0.2) is 17.0 Å². The molecule has 0 aromatic heterocycles. The van der Waals surface area contributed by atoms with Crippen molar-refractivity contribution in [2.24, 2.45) is 17.8 Å². The van der Waals surface area contributed by atoms with E-state index in [9.17, 15) is 4.21 Å². The maximum Gasteiger partial charge on any atom is 0.0483 e. The minimum Gasteiger partial charge on any atom is -0.385 e. The van der Waals surface area contributed by atoms with Crippen molar-refractivity contribution < 1.29 is 4.21 Å². The van der Waals surface area contributed by atoms with Gasteiger partial charge in [-0.1, -0.05) is 24.3 Å². The van der Waals surface area contributed by atoms with Crippen LogP contribution >= 0.6 is 0 Å². The van der Waals surface area contributed by atoms with E-state index >= 15 is 0 Å². The van der Waals surface area contributed by atoms with Crippen LogP contribution in [0, 0.1) is 17.8 Å². The van der Waals surface area contributed by atoms with E-state index in [1.54, 1.807) is 6.26 Å². The summed E-state index contributed by atoms with van der Waals surface area (Å²) in [4.78, 5) is 0. The lowest BCUT2D eigenvalue weighted by molar-refractivity contribution is 0.472. The topological polar surface area (TPSA) is 29.1 Å². The first kappa shape index (κ1) is 12.9. The van der Waals surface area contributed by atoms with Crippen molar-refractivity contribution in [3.05, 3.63) is 42.0 Å². The van der Waals surface area contributed by atoms with E-state index in [0.29, 0.717) is 5.75 Å². The maximum atomic E-state index is 11.3. The van der Waals surface area contributed by atoms with Crippen molar-refractivity contribution in [3.8, 4) is 0 Å². The second-order valence-electron chi connectivity index (χ2n) is 5.84. The summed E-state index contributed by atoms with van der Waals surface area (Å²) in [6, 6.07) is 8.33. The Labute approximate surface area is 117 Å². The van der Waals surface area contributed by atoms with Gasteiger partial charge in [0.2, 0.25) is 0 Å². The summed E-state index contributed by atoms with van der Waals surface area (Å²) in [5.74, 6) is 3.07. The van der Waals surface area contributed by atoms with Gasteiger partial charge < -0.3 is 5.32 Å². The van der Waals surface area contributed by atoms with Crippen molar-refractivity contribution in [1.29, 1.82) is 0 Å². The van der Waals surface area contributed by atoms with Crippen LogP contribution in [0.1, 0.15) is 18.4 Å². The number of fused-ring (bicyclic) bond motifs is 2. The third-order valence-electron chi connectivity index (χ3n) is 4.28. The lowest BCUT2D eigenvalue weighted by Crippen LogP contribution is -2.18. The summed E-state index contributed by atoms with van der Waals surface area (Å²) in [6.45, 7) is 1.06. The van der Waals surface area contributed by atoms with Gasteiger partial charge in [-0.2, -0.15) is 0 Å². The molecule has 0 saturated heterocycles. The Morgan fingerprint density at radius 2 is 2.21 bits per heavy atom. The van der Waals surface area contributed by atoms with Gasteiger partial charge in [0.25, 0.3) is 0 Å². The zero-order valence-corrected chi connectivity index (χ0v) is 12.2. The number of hydrogen-bond donors (Lipinski definition) is 1. The highest BCUT2D eigenvalue weighted by atomic mass is 32.2. The average molecular weight is 275 g/mol. The van der Waals surface area contributed by atoms with Crippen LogP contribution in [0.2, 0.25) is 0 Å². The molecule has 0 radical (unpaired) electrons. The second-order valence-corrected chi connectivity index (χ2v) is 7.27. The number of nitrogens with one attached hydrogen (secondary N) is 1. The van der Waals surface area contributed by atoms with Crippen molar-refractivity contribution in [2.75, 3.05) is 18.1 Å². The molecule has 0 unspecified atom stereocenters. The molecule has 0 aliphatic heterocycles. The monoisotopic (exact) mass is 275 g/mol. The van der Waals surface area contributed by atoms with Crippen LogP contribution in [-0.2, 0) is 16.6 Å². The molecule has 19 heavy (non-hydrogen) atoms. The van der Waals surface area contributed by atoms with Gasteiger partial charge in [-0.15, -0.1) is 0 Å². The van der Waals surface area contributed by atoms with Crippen LogP contribution in [0.5, 0.6) is 0 Å². The summed E-state index contributed by atoms with van der Waals surface area (Å²) in [6.07, 6.45) is 9.24. The summed E-state index contributed by atoms with van der Waals surface area (Å²) < 4.78 is 11.3. The van der Waals surface area contributed by atoms with E-state index in [1.807, 2.05) is 12.1 Å². The Bertz CT molecular complexity index is 511. The molecule has 1 fully saturated rings. The fourth-order valence-electron chi connectivity index (χ4n) is 3.38. The normalized spacial score (nSPS) is 29.6. The Balaban J connectivity index is 1.58. The predicted molar refractivity (Wildman–Crippen MR) is 81.5 cm³/mol. The molecule has 0 amide bonds. The zero-order chi connectivity index (χ0) is 13.2. The maximum absolute atomic E-state index is 11.3.